The summed E-state index contributed by atoms with van der Waals surface area (Å²) in [5.74, 6) is 0. The number of piperidine rings is 1. The highest BCUT2D eigenvalue weighted by Gasteiger charge is 2.24. The van der Waals surface area contributed by atoms with Crippen molar-refractivity contribution in [3.8, 4) is 0 Å². The molecule has 1 aliphatic heterocycles. The maximum absolute atomic E-state index is 9.28. The molecule has 12 heavy (non-hydrogen) atoms. The number of aliphatic hydroxyl groups is 3. The second-order valence-corrected chi connectivity index (χ2v) is 3.61. The molecule has 0 aromatic heterocycles. The molecule has 0 spiro atoms. The van der Waals surface area contributed by atoms with Crippen molar-refractivity contribution < 1.29 is 15.3 Å². The lowest BCUT2D eigenvalue weighted by Gasteiger charge is -2.33. The molecule has 0 saturated carbocycles. The summed E-state index contributed by atoms with van der Waals surface area (Å²) in [5, 5.41) is 27.6. The zero-order valence-electron chi connectivity index (χ0n) is 7.35. The minimum atomic E-state index is -0.451. The van der Waals surface area contributed by atoms with Gasteiger partial charge in [0.05, 0.1) is 18.3 Å². The lowest BCUT2D eigenvalue weighted by molar-refractivity contribution is -0.0205. The average molecular weight is 175 g/mol. The van der Waals surface area contributed by atoms with Gasteiger partial charge >= 0.3 is 0 Å². The van der Waals surface area contributed by atoms with E-state index in [2.05, 4.69) is 0 Å². The summed E-state index contributed by atoms with van der Waals surface area (Å²) < 4.78 is 0. The fourth-order valence-electron chi connectivity index (χ4n) is 1.66. The van der Waals surface area contributed by atoms with Crippen molar-refractivity contribution in [2.45, 2.75) is 31.7 Å². The predicted octanol–water partition coefficient (Wildman–Crippen LogP) is -1.21. The SMILES string of the molecule is CC(O)CN1CC(O)CC(O)C1. The van der Waals surface area contributed by atoms with E-state index in [9.17, 15) is 10.2 Å². The quantitative estimate of drug-likeness (QED) is 0.493. The van der Waals surface area contributed by atoms with Crippen LogP contribution in [0.2, 0.25) is 0 Å². The van der Waals surface area contributed by atoms with E-state index in [0.717, 1.165) is 0 Å². The van der Waals surface area contributed by atoms with Gasteiger partial charge in [0.25, 0.3) is 0 Å². The molecule has 72 valence electrons. The Balaban J connectivity index is 2.34. The average Bonchev–Trinajstić information content (AvgIpc) is 1.81. The van der Waals surface area contributed by atoms with Gasteiger partial charge in [-0.2, -0.15) is 0 Å². The number of likely N-dealkylation sites (tertiary alicyclic amines) is 1. The maximum atomic E-state index is 9.28. The first-order valence-corrected chi connectivity index (χ1v) is 4.34. The molecule has 0 aromatic rings. The van der Waals surface area contributed by atoms with Crippen LogP contribution in [-0.4, -0.2) is 58.2 Å². The summed E-state index contributed by atoms with van der Waals surface area (Å²) in [6.45, 7) is 3.34. The fraction of sp³-hybridized carbons (Fsp3) is 1.00. The van der Waals surface area contributed by atoms with Gasteiger partial charge in [0.1, 0.15) is 0 Å². The number of nitrogens with zero attached hydrogens (tertiary/aromatic N) is 1. The zero-order valence-corrected chi connectivity index (χ0v) is 7.35. The highest BCUT2D eigenvalue weighted by Crippen LogP contribution is 2.10. The van der Waals surface area contributed by atoms with E-state index < -0.39 is 18.3 Å². The molecule has 3 atom stereocenters. The number of hydrogen-bond acceptors (Lipinski definition) is 4. The Morgan fingerprint density at radius 3 is 2.25 bits per heavy atom. The van der Waals surface area contributed by atoms with Gasteiger partial charge in [-0.15, -0.1) is 0 Å². The van der Waals surface area contributed by atoms with E-state index in [-0.39, 0.29) is 0 Å². The fourth-order valence-corrected chi connectivity index (χ4v) is 1.66. The molecule has 0 radical (unpaired) electrons. The molecule has 1 heterocycles. The Kier molecular flexibility index (Phi) is 3.46. The van der Waals surface area contributed by atoms with Crippen molar-refractivity contribution in [3.63, 3.8) is 0 Å². The van der Waals surface area contributed by atoms with Crippen LogP contribution in [0.4, 0.5) is 0 Å². The monoisotopic (exact) mass is 175 g/mol. The predicted molar refractivity (Wildman–Crippen MR) is 44.8 cm³/mol. The van der Waals surface area contributed by atoms with Gasteiger partial charge in [-0.3, -0.25) is 4.90 Å². The van der Waals surface area contributed by atoms with E-state index in [1.807, 2.05) is 4.90 Å². The van der Waals surface area contributed by atoms with Crippen LogP contribution in [0.1, 0.15) is 13.3 Å². The summed E-state index contributed by atoms with van der Waals surface area (Å²) in [6, 6.07) is 0. The van der Waals surface area contributed by atoms with E-state index in [1.165, 1.54) is 0 Å². The summed E-state index contributed by atoms with van der Waals surface area (Å²) >= 11 is 0. The maximum Gasteiger partial charge on any atom is 0.0692 e. The summed E-state index contributed by atoms with van der Waals surface area (Å²) in [6.07, 6.45) is -0.849. The molecule has 3 N–H and O–H groups in total. The Labute approximate surface area is 72.4 Å². The lowest BCUT2D eigenvalue weighted by Crippen LogP contribution is -2.47. The molecule has 1 rings (SSSR count). The molecule has 4 heteroatoms. The Morgan fingerprint density at radius 1 is 1.33 bits per heavy atom. The van der Waals surface area contributed by atoms with Gasteiger partial charge in [-0.1, -0.05) is 0 Å². The molecule has 1 fully saturated rings. The van der Waals surface area contributed by atoms with Gasteiger partial charge in [0.15, 0.2) is 0 Å². The first kappa shape index (κ1) is 9.92. The van der Waals surface area contributed by atoms with Crippen molar-refractivity contribution in [1.82, 2.24) is 4.90 Å². The van der Waals surface area contributed by atoms with Gasteiger partial charge < -0.3 is 15.3 Å². The third-order valence-electron chi connectivity index (χ3n) is 2.00. The van der Waals surface area contributed by atoms with Crippen LogP contribution in [0.25, 0.3) is 0 Å². The topological polar surface area (TPSA) is 63.9 Å². The molecule has 1 saturated heterocycles. The van der Waals surface area contributed by atoms with Gasteiger partial charge in [-0.25, -0.2) is 0 Å². The van der Waals surface area contributed by atoms with Gasteiger partial charge in [0, 0.05) is 26.1 Å². The van der Waals surface area contributed by atoms with Crippen molar-refractivity contribution in [2.75, 3.05) is 19.6 Å². The number of aliphatic hydroxyl groups excluding tert-OH is 3. The van der Waals surface area contributed by atoms with Crippen molar-refractivity contribution in [2.24, 2.45) is 0 Å². The third kappa shape index (κ3) is 3.06. The number of β-amino-alcohol motifs (C(OH)–C–C–N with tert-alkyl or cyclic N) is 3. The van der Waals surface area contributed by atoms with Gasteiger partial charge in [-0.05, 0) is 6.92 Å². The molecule has 0 aliphatic carbocycles. The Hall–Kier alpha value is -0.160. The van der Waals surface area contributed by atoms with Gasteiger partial charge in [0.2, 0.25) is 0 Å². The first-order chi connectivity index (χ1) is 5.58. The minimum Gasteiger partial charge on any atom is -0.392 e. The van der Waals surface area contributed by atoms with Crippen molar-refractivity contribution >= 4 is 0 Å². The Bertz CT molecular complexity index is 128. The standard InChI is InChI=1S/C8H17NO3/c1-6(10)3-9-4-7(11)2-8(12)5-9/h6-8,10-12H,2-5H2,1H3. The highest BCUT2D eigenvalue weighted by atomic mass is 16.3. The van der Waals surface area contributed by atoms with Crippen LogP contribution in [0.15, 0.2) is 0 Å². The van der Waals surface area contributed by atoms with Crippen molar-refractivity contribution in [3.05, 3.63) is 0 Å². The summed E-state index contributed by atoms with van der Waals surface area (Å²) in [4.78, 5) is 1.88. The molecule has 3 unspecified atom stereocenters. The summed E-state index contributed by atoms with van der Waals surface area (Å²) in [7, 11) is 0. The van der Waals surface area contributed by atoms with Crippen LogP contribution in [0.3, 0.4) is 0 Å². The second kappa shape index (κ2) is 4.18. The minimum absolute atomic E-state index is 0.400. The van der Waals surface area contributed by atoms with Crippen LogP contribution in [-0.2, 0) is 0 Å². The number of rotatable bonds is 2. The third-order valence-corrected chi connectivity index (χ3v) is 2.00. The van der Waals surface area contributed by atoms with E-state index in [0.29, 0.717) is 26.1 Å². The first-order valence-electron chi connectivity index (χ1n) is 4.34. The molecular weight excluding hydrogens is 158 g/mol. The highest BCUT2D eigenvalue weighted by molar-refractivity contribution is 4.78. The smallest absolute Gasteiger partial charge is 0.0692 e. The Morgan fingerprint density at radius 2 is 1.83 bits per heavy atom. The van der Waals surface area contributed by atoms with Crippen LogP contribution in [0, 0.1) is 0 Å². The summed E-state index contributed by atoms with van der Waals surface area (Å²) in [5.41, 5.74) is 0. The normalized spacial score (nSPS) is 35.0. The lowest BCUT2D eigenvalue weighted by atomic mass is 10.1. The van der Waals surface area contributed by atoms with Crippen LogP contribution >= 0.6 is 0 Å². The molecule has 1 aliphatic rings. The van der Waals surface area contributed by atoms with E-state index in [1.54, 1.807) is 6.92 Å². The largest absolute Gasteiger partial charge is 0.392 e. The molecule has 0 aromatic carbocycles. The van der Waals surface area contributed by atoms with E-state index in [4.69, 9.17) is 5.11 Å². The zero-order chi connectivity index (χ0) is 9.14. The number of hydrogen-bond donors (Lipinski definition) is 3. The second-order valence-electron chi connectivity index (χ2n) is 3.61. The molecule has 0 amide bonds. The molecule has 0 bridgehead atoms. The van der Waals surface area contributed by atoms with Crippen LogP contribution < -0.4 is 0 Å². The van der Waals surface area contributed by atoms with E-state index >= 15 is 0 Å². The van der Waals surface area contributed by atoms with Crippen LogP contribution in [0.5, 0.6) is 0 Å². The molecule has 4 nitrogen and oxygen atoms in total. The molecular formula is C8H17NO3. The van der Waals surface area contributed by atoms with Crippen molar-refractivity contribution in [1.29, 1.82) is 0 Å².